The highest BCUT2D eigenvalue weighted by Gasteiger charge is 2.25. The Labute approximate surface area is 131 Å². The summed E-state index contributed by atoms with van der Waals surface area (Å²) in [6.45, 7) is 2.68. The van der Waals surface area contributed by atoms with Gasteiger partial charge in [0.1, 0.15) is 0 Å². The van der Waals surface area contributed by atoms with Gasteiger partial charge >= 0.3 is 0 Å². The van der Waals surface area contributed by atoms with Crippen molar-refractivity contribution in [3.8, 4) is 0 Å². The van der Waals surface area contributed by atoms with Crippen molar-refractivity contribution < 1.29 is 5.11 Å². The molecule has 110 valence electrons. The molecular formula is C18H20ClNO. The molecule has 0 spiro atoms. The van der Waals surface area contributed by atoms with Gasteiger partial charge in [0.05, 0.1) is 6.10 Å². The van der Waals surface area contributed by atoms with Crippen LogP contribution in [0, 0.1) is 0 Å². The zero-order valence-electron chi connectivity index (χ0n) is 12.0. The number of aliphatic hydroxyl groups excluding tert-OH is 1. The van der Waals surface area contributed by atoms with E-state index in [0.29, 0.717) is 17.5 Å². The van der Waals surface area contributed by atoms with Crippen molar-refractivity contribution >= 4 is 11.6 Å². The molecule has 1 saturated heterocycles. The van der Waals surface area contributed by atoms with Crippen molar-refractivity contribution in [2.45, 2.75) is 18.4 Å². The lowest BCUT2D eigenvalue weighted by atomic mass is 9.99. The minimum atomic E-state index is -0.520. The zero-order valence-corrected chi connectivity index (χ0v) is 12.7. The molecule has 1 heterocycles. The van der Waals surface area contributed by atoms with E-state index in [2.05, 4.69) is 35.2 Å². The molecule has 0 amide bonds. The van der Waals surface area contributed by atoms with Gasteiger partial charge in [0.15, 0.2) is 0 Å². The molecule has 1 aliphatic heterocycles. The molecule has 21 heavy (non-hydrogen) atoms. The van der Waals surface area contributed by atoms with Crippen molar-refractivity contribution in [3.63, 3.8) is 0 Å². The van der Waals surface area contributed by atoms with Gasteiger partial charge in [0.25, 0.3) is 0 Å². The molecule has 3 heteroatoms. The van der Waals surface area contributed by atoms with Crippen LogP contribution in [0.2, 0.25) is 5.02 Å². The Morgan fingerprint density at radius 3 is 2.57 bits per heavy atom. The molecule has 2 nitrogen and oxygen atoms in total. The molecular weight excluding hydrogens is 282 g/mol. The minimum Gasteiger partial charge on any atom is -0.387 e. The number of hydrogen-bond acceptors (Lipinski definition) is 2. The van der Waals surface area contributed by atoms with E-state index in [1.54, 1.807) is 0 Å². The Morgan fingerprint density at radius 1 is 1.10 bits per heavy atom. The summed E-state index contributed by atoms with van der Waals surface area (Å²) in [6, 6.07) is 18.2. The van der Waals surface area contributed by atoms with Crippen molar-refractivity contribution in [2.75, 3.05) is 19.6 Å². The Bertz CT molecular complexity index is 587. The fourth-order valence-corrected chi connectivity index (χ4v) is 3.35. The van der Waals surface area contributed by atoms with Crippen molar-refractivity contribution in [1.82, 2.24) is 4.90 Å². The maximum Gasteiger partial charge on any atom is 0.0931 e. The monoisotopic (exact) mass is 301 g/mol. The summed E-state index contributed by atoms with van der Waals surface area (Å²) in [5.41, 5.74) is 2.22. The number of β-amino-alcohol motifs (C(OH)–C–C–N with tert-alkyl or cyclic N) is 1. The highest BCUT2D eigenvalue weighted by atomic mass is 35.5. The second-order valence-electron chi connectivity index (χ2n) is 5.69. The summed E-state index contributed by atoms with van der Waals surface area (Å²) in [6.07, 6.45) is 0.632. The van der Waals surface area contributed by atoms with E-state index in [1.807, 2.05) is 24.3 Å². The first-order chi connectivity index (χ1) is 10.2. The van der Waals surface area contributed by atoms with Crippen LogP contribution in [0.3, 0.4) is 0 Å². The molecule has 0 saturated carbocycles. The third-order valence-electron chi connectivity index (χ3n) is 4.24. The van der Waals surface area contributed by atoms with E-state index in [0.717, 1.165) is 25.1 Å². The topological polar surface area (TPSA) is 23.5 Å². The summed E-state index contributed by atoms with van der Waals surface area (Å²) in [5, 5.41) is 11.0. The Hall–Kier alpha value is -1.35. The van der Waals surface area contributed by atoms with E-state index in [4.69, 9.17) is 11.6 Å². The molecule has 0 bridgehead atoms. The molecule has 0 aromatic heterocycles. The molecule has 1 N–H and O–H groups in total. The predicted molar refractivity (Wildman–Crippen MR) is 86.7 cm³/mol. The van der Waals surface area contributed by atoms with Crippen LogP contribution in [0.1, 0.15) is 29.6 Å². The number of likely N-dealkylation sites (tertiary alicyclic amines) is 1. The number of benzene rings is 2. The van der Waals surface area contributed by atoms with Crippen LogP contribution in [-0.2, 0) is 0 Å². The van der Waals surface area contributed by atoms with Crippen LogP contribution in [-0.4, -0.2) is 29.6 Å². The second kappa shape index (κ2) is 6.61. The van der Waals surface area contributed by atoms with Crippen LogP contribution in [0.15, 0.2) is 54.6 Å². The van der Waals surface area contributed by atoms with Crippen LogP contribution < -0.4 is 0 Å². The first kappa shape index (κ1) is 14.6. The lowest BCUT2D eigenvalue weighted by Gasteiger charge is -2.21. The number of nitrogens with zero attached hydrogens (tertiary/aromatic N) is 1. The third-order valence-corrected chi connectivity index (χ3v) is 4.58. The lowest BCUT2D eigenvalue weighted by molar-refractivity contribution is 0.125. The molecule has 2 aromatic carbocycles. The van der Waals surface area contributed by atoms with E-state index in [1.165, 1.54) is 5.56 Å². The van der Waals surface area contributed by atoms with Gasteiger partial charge in [-0.15, -0.1) is 0 Å². The fraction of sp³-hybridized carbons (Fsp3) is 0.333. The lowest BCUT2D eigenvalue weighted by Crippen LogP contribution is -2.26. The van der Waals surface area contributed by atoms with Gasteiger partial charge in [-0.2, -0.15) is 0 Å². The predicted octanol–water partition coefficient (Wildman–Crippen LogP) is 3.86. The van der Waals surface area contributed by atoms with Crippen LogP contribution in [0.25, 0.3) is 0 Å². The van der Waals surface area contributed by atoms with E-state index in [-0.39, 0.29) is 0 Å². The second-order valence-corrected chi connectivity index (χ2v) is 6.10. The molecule has 1 fully saturated rings. The summed E-state index contributed by atoms with van der Waals surface area (Å²) in [5.74, 6) is 0.574. The SMILES string of the molecule is O[C@@H](CN1CC[C@H](c2ccccc2)C1)c1ccccc1Cl. The van der Waals surface area contributed by atoms with Crippen LogP contribution >= 0.6 is 11.6 Å². The summed E-state index contributed by atoms with van der Waals surface area (Å²) < 4.78 is 0. The van der Waals surface area contributed by atoms with Gasteiger partial charge in [-0.25, -0.2) is 0 Å². The maximum atomic E-state index is 10.4. The number of aliphatic hydroxyl groups is 1. The van der Waals surface area contributed by atoms with E-state index in [9.17, 15) is 5.11 Å². The Kier molecular flexibility index (Phi) is 4.59. The van der Waals surface area contributed by atoms with Gasteiger partial charge in [-0.1, -0.05) is 60.1 Å². The third kappa shape index (κ3) is 3.46. The highest BCUT2D eigenvalue weighted by Crippen LogP contribution is 2.29. The summed E-state index contributed by atoms with van der Waals surface area (Å²) >= 11 is 6.15. The summed E-state index contributed by atoms with van der Waals surface area (Å²) in [4.78, 5) is 2.33. The smallest absolute Gasteiger partial charge is 0.0931 e. The van der Waals surface area contributed by atoms with Gasteiger partial charge in [-0.3, -0.25) is 4.90 Å². The quantitative estimate of drug-likeness (QED) is 0.927. The highest BCUT2D eigenvalue weighted by molar-refractivity contribution is 6.31. The summed E-state index contributed by atoms with van der Waals surface area (Å²) in [7, 11) is 0. The van der Waals surface area contributed by atoms with Gasteiger partial charge in [0, 0.05) is 23.7 Å². The number of halogens is 1. The largest absolute Gasteiger partial charge is 0.387 e. The average Bonchev–Trinajstić information content (AvgIpc) is 2.97. The Balaban J connectivity index is 1.61. The normalized spacial score (nSPS) is 20.6. The van der Waals surface area contributed by atoms with Crippen LogP contribution in [0.4, 0.5) is 0 Å². The fourth-order valence-electron chi connectivity index (χ4n) is 3.08. The molecule has 0 radical (unpaired) electrons. The van der Waals surface area contributed by atoms with Crippen molar-refractivity contribution in [1.29, 1.82) is 0 Å². The molecule has 1 aliphatic rings. The van der Waals surface area contributed by atoms with E-state index >= 15 is 0 Å². The first-order valence-corrected chi connectivity index (χ1v) is 7.81. The Morgan fingerprint density at radius 2 is 1.81 bits per heavy atom. The number of rotatable bonds is 4. The van der Waals surface area contributed by atoms with Gasteiger partial charge in [-0.05, 0) is 30.5 Å². The van der Waals surface area contributed by atoms with Crippen LogP contribution in [0.5, 0.6) is 0 Å². The average molecular weight is 302 g/mol. The minimum absolute atomic E-state index is 0.520. The molecule has 0 aliphatic carbocycles. The molecule has 2 atom stereocenters. The van der Waals surface area contributed by atoms with Crippen molar-refractivity contribution in [3.05, 3.63) is 70.7 Å². The standard InChI is InChI=1S/C18H20ClNO/c19-17-9-5-4-8-16(17)18(21)13-20-11-10-15(12-20)14-6-2-1-3-7-14/h1-9,15,18,21H,10-13H2/t15-,18-/m0/s1. The maximum absolute atomic E-state index is 10.4. The van der Waals surface area contributed by atoms with Crippen molar-refractivity contribution in [2.24, 2.45) is 0 Å². The molecule has 2 aromatic rings. The van der Waals surface area contributed by atoms with E-state index < -0.39 is 6.10 Å². The van der Waals surface area contributed by atoms with Gasteiger partial charge in [0.2, 0.25) is 0 Å². The number of hydrogen-bond donors (Lipinski definition) is 1. The zero-order chi connectivity index (χ0) is 14.7. The molecule has 0 unspecified atom stereocenters. The first-order valence-electron chi connectivity index (χ1n) is 7.44. The van der Waals surface area contributed by atoms with Gasteiger partial charge < -0.3 is 5.11 Å². The molecule has 3 rings (SSSR count).